The number of H-pyrrole nitrogens is 1. The summed E-state index contributed by atoms with van der Waals surface area (Å²) in [4.78, 5) is 89.5. The number of hydrogen-bond acceptors (Lipinski definition) is 22. The van der Waals surface area contributed by atoms with Gasteiger partial charge in [0.25, 0.3) is 17.4 Å². The fraction of sp³-hybridized carbons (Fsp3) is 0.374. The van der Waals surface area contributed by atoms with E-state index in [9.17, 15) is 14.4 Å². The molecule has 2 amide bonds. The van der Waals surface area contributed by atoms with Crippen LogP contribution in [0.1, 0.15) is 206 Å². The van der Waals surface area contributed by atoms with Gasteiger partial charge in [-0.15, -0.1) is 0 Å². The number of para-hydroxylation sites is 2. The minimum atomic E-state index is -0.351. The van der Waals surface area contributed by atoms with E-state index in [4.69, 9.17) is 40.1 Å². The van der Waals surface area contributed by atoms with Crippen molar-refractivity contribution in [3.63, 3.8) is 0 Å². The molecule has 24 nitrogen and oxygen atoms in total. The molecular weight excluding hydrogens is 1440 g/mol. The molecule has 0 radical (unpaired) electrons. The SMILES string of the molecule is CC(C)(C)CCc1ccc2nc(N)nc(N)c2c1.CC(C)(C)CN1C(=O)c2ccccc2C1=O.CC(C)(C)Cc1ccc2nc(N)nc(N)c2c1.CC(C)(C)Cc1ccc2nc(N)nc(N)c2n1.CC(C)(C)Cc1cnc2nc(N)[nH]c(=O)c2n1.CC(C)(C)c1ccc(-c2ccccc2)cc1.CC(C)(C)c1cnc2ccccc2n1. The first kappa shape index (κ1) is 88.4. The third-order valence-electron chi connectivity index (χ3n) is 17.7. The predicted molar refractivity (Wildman–Crippen MR) is 473 cm³/mol. The van der Waals surface area contributed by atoms with E-state index in [1.54, 1.807) is 30.5 Å². The van der Waals surface area contributed by atoms with Crippen LogP contribution in [-0.2, 0) is 36.5 Å². The number of aromatic amines is 1. The van der Waals surface area contributed by atoms with Crippen molar-refractivity contribution in [3.8, 4) is 11.1 Å². The number of nitrogen functional groups attached to an aromatic ring is 7. The Labute approximate surface area is 676 Å². The Kier molecular flexibility index (Phi) is 27.9. The van der Waals surface area contributed by atoms with Gasteiger partial charge >= 0.3 is 0 Å². The number of pyridine rings is 1. The van der Waals surface area contributed by atoms with Crippen molar-refractivity contribution >= 4 is 108 Å². The van der Waals surface area contributed by atoms with Crippen LogP contribution in [-0.4, -0.2) is 88.1 Å². The summed E-state index contributed by atoms with van der Waals surface area (Å²) in [6.45, 7) is 45.8. The van der Waals surface area contributed by atoms with Gasteiger partial charge in [0.15, 0.2) is 17.0 Å². The maximum Gasteiger partial charge on any atom is 0.280 e. The van der Waals surface area contributed by atoms with Gasteiger partial charge in [0, 0.05) is 34.6 Å². The molecule has 0 atom stereocenters. The van der Waals surface area contributed by atoms with Gasteiger partial charge in [-0.1, -0.05) is 236 Å². The van der Waals surface area contributed by atoms with Gasteiger partial charge in [0.05, 0.1) is 56.3 Å². The molecule has 0 unspecified atom stereocenters. The van der Waals surface area contributed by atoms with Crippen LogP contribution >= 0.6 is 0 Å². The summed E-state index contributed by atoms with van der Waals surface area (Å²) >= 11 is 0. The van der Waals surface area contributed by atoms with Gasteiger partial charge in [-0.05, 0) is 153 Å². The minimum Gasteiger partial charge on any atom is -0.383 e. The first-order valence-electron chi connectivity index (χ1n) is 38.6. The van der Waals surface area contributed by atoms with E-state index < -0.39 is 0 Å². The van der Waals surface area contributed by atoms with Crippen LogP contribution in [0, 0.1) is 27.1 Å². The molecule has 0 saturated heterocycles. The first-order chi connectivity index (χ1) is 53.4. The lowest BCUT2D eigenvalue weighted by atomic mass is 9.86. The normalized spacial score (nSPS) is 12.4. The zero-order chi connectivity index (χ0) is 84.9. The first-order valence-corrected chi connectivity index (χ1v) is 38.6. The molecule has 115 heavy (non-hydrogen) atoms. The van der Waals surface area contributed by atoms with Crippen LogP contribution in [0.25, 0.3) is 66.2 Å². The Morgan fingerprint density at radius 2 is 0.835 bits per heavy atom. The molecule has 0 fully saturated rings. The second kappa shape index (κ2) is 36.3. The summed E-state index contributed by atoms with van der Waals surface area (Å²) in [5.74, 6) is 1.58. The number of nitrogens with two attached hydrogens (primary N) is 7. The average molecular weight is 1550 g/mol. The molecule has 7 aromatic heterocycles. The van der Waals surface area contributed by atoms with Gasteiger partial charge in [-0.25, -0.2) is 34.9 Å². The van der Waals surface area contributed by atoms with Crippen molar-refractivity contribution in [2.45, 2.75) is 188 Å². The predicted octanol–water partition coefficient (Wildman–Crippen LogP) is 17.7. The van der Waals surface area contributed by atoms with Gasteiger partial charge in [-0.3, -0.25) is 29.3 Å². The fourth-order valence-electron chi connectivity index (χ4n) is 12.1. The summed E-state index contributed by atoms with van der Waals surface area (Å²) in [6.07, 6.45) is 8.29. The molecule has 0 saturated carbocycles. The fourth-order valence-corrected chi connectivity index (χ4v) is 12.1. The zero-order valence-electron chi connectivity index (χ0n) is 70.9. The Balaban J connectivity index is 0.000000168. The van der Waals surface area contributed by atoms with Crippen LogP contribution in [0.2, 0.25) is 0 Å². The highest BCUT2D eigenvalue weighted by molar-refractivity contribution is 6.21. The van der Waals surface area contributed by atoms with Crippen LogP contribution in [0.3, 0.4) is 0 Å². The van der Waals surface area contributed by atoms with Crippen LogP contribution in [0.15, 0.2) is 169 Å². The number of amides is 2. The molecule has 24 heteroatoms. The third kappa shape index (κ3) is 26.7. The van der Waals surface area contributed by atoms with E-state index in [1.807, 2.05) is 81.6 Å². The number of aryl methyl sites for hydroxylation is 1. The summed E-state index contributed by atoms with van der Waals surface area (Å²) in [6, 6.07) is 50.3. The standard InChI is InChI=1S/C16H18.C14H20N4.C13H18N4.C13H15NO2.C12H17N5.C12H14N2.C11H15N5O/c1-16(2,3)15-11-9-14(10-12-15)13-7-5-4-6-8-13;1-14(2,3)7-6-9-4-5-11-10(8-9)12(15)18-13(16)17-11;1-13(2,3)7-8-4-5-10-9(6-8)11(14)17-12(15)16-10;1-13(2,3)8-14-11(15)9-6-4-5-7-10(9)12(14)16;1-12(2,3)6-7-4-5-8-9(15-7)10(13)17-11(14)16-8;1-12(2,3)11-8-13-9-6-4-5-7-10(9)14-11;1-11(2,3)4-6-5-13-8-7(14-6)9(17)16-10(12)15-8/h4-12H,1-3H3;4-5,8H,6-7H2,1-3H3,(H4,15,16,17,18);4-6H,7H2,1-3H3,(H4,14,15,16,17);4-7H,8H2,1-3H3;4-5H,6H2,1-3H3,(H4,13,14,16,17);4-8H,1-3H3;5H,4H2,1-3H3,(H3,12,13,15,16,17). The number of hydrogen-bond donors (Lipinski definition) is 8. The largest absolute Gasteiger partial charge is 0.383 e. The summed E-state index contributed by atoms with van der Waals surface area (Å²) in [5, 5.41) is 1.76. The number of fused-ring (bicyclic) bond motifs is 6. The van der Waals surface area contributed by atoms with Crippen LogP contribution < -0.4 is 45.7 Å². The molecule has 14 rings (SSSR count). The molecule has 6 aromatic carbocycles. The molecule has 0 bridgehead atoms. The molecule has 1 aliphatic rings. The lowest BCUT2D eigenvalue weighted by molar-refractivity contribution is 0.0600. The molecule has 8 heterocycles. The molecule has 1 aliphatic heterocycles. The van der Waals surface area contributed by atoms with Crippen LogP contribution in [0.4, 0.5) is 41.2 Å². The topological polar surface area (TPSA) is 407 Å². The Hall–Kier alpha value is -12.2. The van der Waals surface area contributed by atoms with Crippen molar-refractivity contribution in [2.24, 2.45) is 27.1 Å². The molecular formula is C91H117N21O3. The maximum absolute atomic E-state index is 12.0. The average Bonchev–Trinajstić information content (AvgIpc) is 1.62. The maximum atomic E-state index is 12.0. The third-order valence-corrected chi connectivity index (χ3v) is 17.7. The summed E-state index contributed by atoms with van der Waals surface area (Å²) in [5.41, 5.74) is 56.0. The minimum absolute atomic E-state index is 0.0559. The molecule has 604 valence electrons. The number of rotatable bonds is 7. The number of carbonyl (C=O) groups is 2. The number of nitrogens with one attached hydrogen (secondary N) is 1. The molecule has 0 aliphatic carbocycles. The van der Waals surface area contributed by atoms with Crippen molar-refractivity contribution in [3.05, 3.63) is 219 Å². The second-order valence-electron chi connectivity index (χ2n) is 37.0. The number of aromatic nitrogens is 13. The highest BCUT2D eigenvalue weighted by Gasteiger charge is 2.37. The number of anilines is 7. The number of carbonyl (C=O) groups excluding carboxylic acids is 2. The summed E-state index contributed by atoms with van der Waals surface area (Å²) < 4.78 is 0. The molecule has 15 N–H and O–H groups in total. The highest BCUT2D eigenvalue weighted by Crippen LogP contribution is 2.32. The van der Waals surface area contributed by atoms with Crippen LogP contribution in [0.5, 0.6) is 0 Å². The lowest BCUT2D eigenvalue weighted by Gasteiger charge is -2.24. The van der Waals surface area contributed by atoms with Gasteiger partial charge in [0.1, 0.15) is 17.2 Å². The van der Waals surface area contributed by atoms with E-state index in [0.717, 1.165) is 82.0 Å². The number of nitrogens with zero attached hydrogens (tertiary/aromatic N) is 13. The molecule has 13 aromatic rings. The van der Waals surface area contributed by atoms with Crippen molar-refractivity contribution in [1.29, 1.82) is 0 Å². The highest BCUT2D eigenvalue weighted by atomic mass is 16.2. The van der Waals surface area contributed by atoms with E-state index >= 15 is 0 Å². The Morgan fingerprint density at radius 1 is 0.365 bits per heavy atom. The van der Waals surface area contributed by atoms with E-state index in [2.05, 4.69) is 262 Å². The quantitative estimate of drug-likeness (QED) is 0.0687. The van der Waals surface area contributed by atoms with E-state index in [-0.39, 0.29) is 84.8 Å². The van der Waals surface area contributed by atoms with Crippen molar-refractivity contribution < 1.29 is 9.59 Å². The van der Waals surface area contributed by atoms with Gasteiger partial charge in [-0.2, -0.15) is 19.9 Å². The van der Waals surface area contributed by atoms with Gasteiger partial charge < -0.3 is 40.1 Å². The summed E-state index contributed by atoms with van der Waals surface area (Å²) in [7, 11) is 0. The monoisotopic (exact) mass is 1550 g/mol. The molecule has 0 spiro atoms. The number of benzene rings is 6. The van der Waals surface area contributed by atoms with Crippen molar-refractivity contribution in [2.75, 3.05) is 46.7 Å². The smallest absolute Gasteiger partial charge is 0.280 e. The second-order valence-corrected chi connectivity index (χ2v) is 37.0. The number of imide groups is 1. The zero-order valence-corrected chi connectivity index (χ0v) is 70.9. The van der Waals surface area contributed by atoms with Gasteiger partial charge in [0.2, 0.25) is 23.8 Å². The lowest BCUT2D eigenvalue weighted by Crippen LogP contribution is -2.37. The van der Waals surface area contributed by atoms with Crippen molar-refractivity contribution in [1.82, 2.24) is 69.7 Å². The van der Waals surface area contributed by atoms with E-state index in [1.165, 1.54) is 32.7 Å². The Morgan fingerprint density at radius 3 is 1.36 bits per heavy atom. The Bertz CT molecular complexity index is 5470. The van der Waals surface area contributed by atoms with E-state index in [0.29, 0.717) is 51.6 Å².